The maximum Gasteiger partial charge on any atom is 0.121 e. The van der Waals surface area contributed by atoms with E-state index in [0.717, 1.165) is 42.2 Å². The van der Waals surface area contributed by atoms with Gasteiger partial charge in [0.05, 0.1) is 17.6 Å². The van der Waals surface area contributed by atoms with E-state index in [9.17, 15) is 0 Å². The van der Waals surface area contributed by atoms with Gasteiger partial charge in [0.1, 0.15) is 5.82 Å². The van der Waals surface area contributed by atoms with Gasteiger partial charge < -0.3 is 10.7 Å². The lowest BCUT2D eigenvalue weighted by Gasteiger charge is -2.18. The number of pyridine rings is 1. The number of imidazole rings is 1. The molecule has 0 aliphatic heterocycles. The van der Waals surface area contributed by atoms with E-state index >= 15 is 0 Å². The van der Waals surface area contributed by atoms with Crippen LogP contribution < -0.4 is 5.73 Å². The van der Waals surface area contributed by atoms with Crippen molar-refractivity contribution >= 4 is 16.7 Å². The van der Waals surface area contributed by atoms with E-state index in [0.29, 0.717) is 0 Å². The molecule has 1 aromatic carbocycles. The Balaban J connectivity index is 1.76. The number of nitrogens with zero attached hydrogens (tertiary/aromatic N) is 3. The Kier molecular flexibility index (Phi) is 3.83. The zero-order valence-electron chi connectivity index (χ0n) is 12.1. The normalized spacial score (nSPS) is 11.3. The van der Waals surface area contributed by atoms with E-state index < -0.39 is 0 Å². The Morgan fingerprint density at radius 3 is 2.71 bits per heavy atom. The number of rotatable bonds is 5. The quantitative estimate of drug-likeness (QED) is 0.705. The van der Waals surface area contributed by atoms with Gasteiger partial charge in [-0.05, 0) is 42.4 Å². The first-order chi connectivity index (χ1) is 10.2. The molecule has 0 aliphatic carbocycles. The highest BCUT2D eigenvalue weighted by atomic mass is 15.1. The molecule has 0 radical (unpaired) electrons. The van der Waals surface area contributed by atoms with E-state index in [-0.39, 0.29) is 0 Å². The first-order valence-corrected chi connectivity index (χ1v) is 7.10. The van der Waals surface area contributed by atoms with Crippen LogP contribution in [0.5, 0.6) is 0 Å². The van der Waals surface area contributed by atoms with Gasteiger partial charge in [0.25, 0.3) is 0 Å². The summed E-state index contributed by atoms with van der Waals surface area (Å²) in [4.78, 5) is 14.3. The molecule has 0 atom stereocenters. The molecule has 3 aromatic rings. The Bertz CT molecular complexity index is 720. The number of H-pyrrole nitrogens is 1. The monoisotopic (exact) mass is 281 g/mol. The molecule has 0 bridgehead atoms. The van der Waals surface area contributed by atoms with Gasteiger partial charge in [0.15, 0.2) is 0 Å². The summed E-state index contributed by atoms with van der Waals surface area (Å²) in [5.41, 5.74) is 9.76. The molecule has 0 unspecified atom stereocenters. The largest absolute Gasteiger partial charge is 0.399 e. The minimum Gasteiger partial charge on any atom is -0.399 e. The molecule has 0 fully saturated rings. The number of aromatic nitrogens is 3. The number of anilines is 1. The van der Waals surface area contributed by atoms with Gasteiger partial charge in [-0.25, -0.2) is 4.98 Å². The summed E-state index contributed by atoms with van der Waals surface area (Å²) in [6.45, 7) is 4.79. The van der Waals surface area contributed by atoms with Crippen molar-refractivity contribution in [3.8, 4) is 0 Å². The summed E-state index contributed by atoms with van der Waals surface area (Å²) in [7, 11) is 0. The maximum absolute atomic E-state index is 5.80. The van der Waals surface area contributed by atoms with Crippen molar-refractivity contribution in [1.82, 2.24) is 19.9 Å². The molecule has 0 spiro atoms. The standard InChI is InChI=1S/C16H19N5/c1-2-21(10-12-5-7-18-8-6-12)11-16-19-14-4-3-13(17)9-15(14)20-16/h3-9H,2,10-11,17H2,1H3,(H,19,20). The second-order valence-corrected chi connectivity index (χ2v) is 5.12. The predicted molar refractivity (Wildman–Crippen MR) is 84.5 cm³/mol. The number of hydrogen-bond acceptors (Lipinski definition) is 4. The summed E-state index contributed by atoms with van der Waals surface area (Å²) >= 11 is 0. The molecule has 3 N–H and O–H groups in total. The van der Waals surface area contributed by atoms with Crippen LogP contribution in [0.15, 0.2) is 42.7 Å². The van der Waals surface area contributed by atoms with E-state index in [1.165, 1.54) is 5.56 Å². The summed E-state index contributed by atoms with van der Waals surface area (Å²) in [6, 6.07) is 9.83. The Morgan fingerprint density at radius 2 is 1.95 bits per heavy atom. The number of nitrogen functional groups attached to an aromatic ring is 1. The Labute approximate surface area is 123 Å². The number of hydrogen-bond donors (Lipinski definition) is 2. The van der Waals surface area contributed by atoms with Gasteiger partial charge in [0.2, 0.25) is 0 Å². The van der Waals surface area contributed by atoms with Crippen molar-refractivity contribution < 1.29 is 0 Å². The lowest BCUT2D eigenvalue weighted by atomic mass is 10.2. The SMILES string of the molecule is CCN(Cc1ccncc1)Cc1nc2ccc(N)cc2[nH]1. The van der Waals surface area contributed by atoms with Crippen LogP contribution in [0.25, 0.3) is 11.0 Å². The number of aromatic amines is 1. The zero-order valence-corrected chi connectivity index (χ0v) is 12.1. The van der Waals surface area contributed by atoms with Crippen LogP contribution in [-0.2, 0) is 13.1 Å². The Hall–Kier alpha value is -2.40. The van der Waals surface area contributed by atoms with Crippen molar-refractivity contribution in [1.29, 1.82) is 0 Å². The number of nitrogens with one attached hydrogen (secondary N) is 1. The first-order valence-electron chi connectivity index (χ1n) is 7.10. The fraction of sp³-hybridized carbons (Fsp3) is 0.250. The Morgan fingerprint density at radius 1 is 1.14 bits per heavy atom. The molecule has 0 amide bonds. The number of nitrogens with two attached hydrogens (primary N) is 1. The summed E-state index contributed by atoms with van der Waals surface area (Å²) in [5.74, 6) is 0.964. The molecule has 2 heterocycles. The fourth-order valence-corrected chi connectivity index (χ4v) is 2.39. The van der Waals surface area contributed by atoms with Gasteiger partial charge in [-0.15, -0.1) is 0 Å². The molecule has 5 nitrogen and oxygen atoms in total. The number of benzene rings is 1. The van der Waals surface area contributed by atoms with Crippen molar-refractivity contribution in [3.63, 3.8) is 0 Å². The van der Waals surface area contributed by atoms with E-state index in [4.69, 9.17) is 5.73 Å². The maximum atomic E-state index is 5.80. The molecule has 0 saturated carbocycles. The minimum absolute atomic E-state index is 0.752. The molecule has 3 rings (SSSR count). The predicted octanol–water partition coefficient (Wildman–Crippen LogP) is 2.56. The van der Waals surface area contributed by atoms with Gasteiger partial charge in [-0.1, -0.05) is 6.92 Å². The molecule has 0 aliphatic rings. The number of fused-ring (bicyclic) bond motifs is 1. The minimum atomic E-state index is 0.752. The van der Waals surface area contributed by atoms with Crippen LogP contribution in [0.3, 0.4) is 0 Å². The topological polar surface area (TPSA) is 70.8 Å². The lowest BCUT2D eigenvalue weighted by Crippen LogP contribution is -2.22. The average molecular weight is 281 g/mol. The smallest absolute Gasteiger partial charge is 0.121 e. The van der Waals surface area contributed by atoms with E-state index in [1.807, 2.05) is 42.7 Å². The lowest BCUT2D eigenvalue weighted by molar-refractivity contribution is 0.265. The molecule has 2 aromatic heterocycles. The molecule has 5 heteroatoms. The van der Waals surface area contributed by atoms with Gasteiger partial charge in [-0.3, -0.25) is 9.88 Å². The zero-order chi connectivity index (χ0) is 14.7. The third kappa shape index (κ3) is 3.20. The van der Waals surface area contributed by atoms with Crippen LogP contribution in [0, 0.1) is 0 Å². The van der Waals surface area contributed by atoms with Gasteiger partial charge >= 0.3 is 0 Å². The third-order valence-corrected chi connectivity index (χ3v) is 3.53. The molecular weight excluding hydrogens is 262 g/mol. The van der Waals surface area contributed by atoms with Crippen LogP contribution in [0.1, 0.15) is 18.3 Å². The van der Waals surface area contributed by atoms with Crippen LogP contribution in [0.2, 0.25) is 0 Å². The van der Waals surface area contributed by atoms with Crippen molar-refractivity contribution in [2.24, 2.45) is 0 Å². The van der Waals surface area contributed by atoms with Crippen LogP contribution >= 0.6 is 0 Å². The molecule has 108 valence electrons. The third-order valence-electron chi connectivity index (χ3n) is 3.53. The van der Waals surface area contributed by atoms with Gasteiger partial charge in [0, 0.05) is 24.6 Å². The van der Waals surface area contributed by atoms with Crippen molar-refractivity contribution in [2.75, 3.05) is 12.3 Å². The van der Waals surface area contributed by atoms with Crippen molar-refractivity contribution in [3.05, 3.63) is 54.1 Å². The molecule has 0 saturated heterocycles. The highest BCUT2D eigenvalue weighted by molar-refractivity contribution is 5.78. The first kappa shape index (κ1) is 13.6. The van der Waals surface area contributed by atoms with E-state index in [2.05, 4.69) is 26.8 Å². The van der Waals surface area contributed by atoms with Crippen LogP contribution in [0.4, 0.5) is 5.69 Å². The molecule has 21 heavy (non-hydrogen) atoms. The molecular formula is C16H19N5. The second-order valence-electron chi connectivity index (χ2n) is 5.12. The van der Waals surface area contributed by atoms with Crippen LogP contribution in [-0.4, -0.2) is 26.4 Å². The highest BCUT2D eigenvalue weighted by Gasteiger charge is 2.09. The fourth-order valence-electron chi connectivity index (χ4n) is 2.39. The van der Waals surface area contributed by atoms with E-state index in [1.54, 1.807) is 0 Å². The van der Waals surface area contributed by atoms with Gasteiger partial charge in [-0.2, -0.15) is 0 Å². The summed E-state index contributed by atoms with van der Waals surface area (Å²) < 4.78 is 0. The highest BCUT2D eigenvalue weighted by Crippen LogP contribution is 2.16. The average Bonchev–Trinajstić information content (AvgIpc) is 2.89. The summed E-state index contributed by atoms with van der Waals surface area (Å²) in [5, 5.41) is 0. The summed E-state index contributed by atoms with van der Waals surface area (Å²) in [6.07, 6.45) is 3.65. The van der Waals surface area contributed by atoms with Crippen molar-refractivity contribution in [2.45, 2.75) is 20.0 Å². The second kappa shape index (κ2) is 5.93.